The highest BCUT2D eigenvalue weighted by atomic mass is 32.2. The zero-order valence-electron chi connectivity index (χ0n) is 18.3. The van der Waals surface area contributed by atoms with Crippen molar-refractivity contribution in [3.8, 4) is 5.75 Å². The molecule has 2 amide bonds. The van der Waals surface area contributed by atoms with Crippen molar-refractivity contribution < 1.29 is 23.9 Å². The number of hydrogen-bond donors (Lipinski definition) is 1. The molecule has 1 N–H and O–H groups in total. The number of H-pyrrole nitrogens is 1. The highest BCUT2D eigenvalue weighted by Crippen LogP contribution is 2.54. The Bertz CT molecular complexity index is 1330. The molecule has 3 aromatic rings. The molecule has 1 aromatic heterocycles. The fourth-order valence-corrected chi connectivity index (χ4v) is 7.36. The molecule has 5 rings (SSSR count). The van der Waals surface area contributed by atoms with E-state index in [1.54, 1.807) is 38.3 Å². The van der Waals surface area contributed by atoms with Crippen LogP contribution in [0.5, 0.6) is 5.75 Å². The number of aromatic amines is 1. The molecule has 10 heteroatoms. The number of imide groups is 1. The second kappa shape index (κ2) is 9.01. The molecule has 34 heavy (non-hydrogen) atoms. The molecule has 2 aliphatic heterocycles. The first-order chi connectivity index (χ1) is 16.4. The van der Waals surface area contributed by atoms with Crippen molar-refractivity contribution in [3.63, 3.8) is 0 Å². The highest BCUT2D eigenvalue weighted by Gasteiger charge is 2.56. The predicted octanol–water partition coefficient (Wildman–Crippen LogP) is 4.79. The number of benzene rings is 2. The lowest BCUT2D eigenvalue weighted by Crippen LogP contribution is -2.32. The highest BCUT2D eigenvalue weighted by molar-refractivity contribution is 8.01. The first kappa shape index (κ1) is 22.8. The van der Waals surface area contributed by atoms with E-state index in [2.05, 4.69) is 4.98 Å². The second-order valence-corrected chi connectivity index (χ2v) is 10.7. The Balaban J connectivity index is 1.54. The predicted molar refractivity (Wildman–Crippen MR) is 132 cm³/mol. The van der Waals surface area contributed by atoms with Gasteiger partial charge in [-0.05, 0) is 61.1 Å². The van der Waals surface area contributed by atoms with Crippen LogP contribution < -0.4 is 9.64 Å². The molecule has 0 bridgehead atoms. The van der Waals surface area contributed by atoms with Crippen LogP contribution >= 0.6 is 35.3 Å². The summed E-state index contributed by atoms with van der Waals surface area (Å²) in [7, 11) is 1.60. The average molecular weight is 513 g/mol. The van der Waals surface area contributed by atoms with E-state index in [1.165, 1.54) is 28.0 Å². The van der Waals surface area contributed by atoms with Crippen LogP contribution in [0.1, 0.15) is 33.6 Å². The van der Waals surface area contributed by atoms with E-state index in [9.17, 15) is 14.4 Å². The number of carbonyl (C=O) groups is 3. The fourth-order valence-electron chi connectivity index (χ4n) is 4.40. The van der Waals surface area contributed by atoms with Crippen LogP contribution in [0.3, 0.4) is 0 Å². The standard InChI is InChI=1S/C24H20N2O5S3/c1-3-31-23(29)13-4-8-14(9-5-13)26-21(27)17-16(12-6-10-15(30-2)11-7-12)18-20(25-24(32)34-18)33-19(17)22(26)28/h4-11,16-17,19H,3H2,1-2H3,(H,25,32)/t16-,17+,19-/m0/s1. The van der Waals surface area contributed by atoms with Gasteiger partial charge in [-0.25, -0.2) is 9.69 Å². The summed E-state index contributed by atoms with van der Waals surface area (Å²) in [6.07, 6.45) is 0. The number of fused-ring (bicyclic) bond motifs is 2. The lowest BCUT2D eigenvalue weighted by Gasteiger charge is -2.30. The van der Waals surface area contributed by atoms with E-state index in [4.69, 9.17) is 21.7 Å². The number of thioether (sulfide) groups is 1. The van der Waals surface area contributed by atoms with Crippen molar-refractivity contribution in [2.45, 2.75) is 23.1 Å². The summed E-state index contributed by atoms with van der Waals surface area (Å²) in [6.45, 7) is 2.00. The third-order valence-corrected chi connectivity index (χ3v) is 8.69. The number of methoxy groups -OCH3 is 1. The van der Waals surface area contributed by atoms with Crippen molar-refractivity contribution in [1.29, 1.82) is 0 Å². The van der Waals surface area contributed by atoms with Gasteiger partial charge in [0.05, 0.1) is 35.9 Å². The van der Waals surface area contributed by atoms with Crippen LogP contribution in [-0.2, 0) is 14.3 Å². The SMILES string of the molecule is CCOC(=O)c1ccc(N2C(=O)[C@@H]3[C@H](c4ccc(OC)cc4)c4sc(=S)[nH]c4S[C@@H]3C2=O)cc1. The van der Waals surface area contributed by atoms with Crippen molar-refractivity contribution in [3.05, 3.63) is 68.5 Å². The number of thiazole rings is 1. The molecule has 7 nitrogen and oxygen atoms in total. The van der Waals surface area contributed by atoms with E-state index >= 15 is 0 Å². The van der Waals surface area contributed by atoms with Gasteiger partial charge >= 0.3 is 5.97 Å². The quantitative estimate of drug-likeness (QED) is 0.299. The van der Waals surface area contributed by atoms with Gasteiger partial charge in [-0.3, -0.25) is 9.59 Å². The van der Waals surface area contributed by atoms with Crippen molar-refractivity contribution in [2.24, 2.45) is 5.92 Å². The summed E-state index contributed by atoms with van der Waals surface area (Å²) in [5.74, 6) is -1.17. The number of aromatic nitrogens is 1. The monoisotopic (exact) mass is 512 g/mol. The van der Waals surface area contributed by atoms with Gasteiger partial charge in [0.25, 0.3) is 0 Å². The molecular formula is C24H20N2O5S3. The van der Waals surface area contributed by atoms with Gasteiger partial charge in [0.2, 0.25) is 11.8 Å². The zero-order valence-corrected chi connectivity index (χ0v) is 20.7. The van der Waals surface area contributed by atoms with Gasteiger partial charge in [-0.2, -0.15) is 0 Å². The Morgan fingerprint density at radius 3 is 2.44 bits per heavy atom. The van der Waals surface area contributed by atoms with Gasteiger partial charge in [0.15, 0.2) is 3.95 Å². The number of hydrogen-bond acceptors (Lipinski definition) is 8. The van der Waals surface area contributed by atoms with E-state index in [0.29, 0.717) is 21.0 Å². The molecule has 2 aromatic carbocycles. The van der Waals surface area contributed by atoms with Gasteiger partial charge in [0, 0.05) is 10.8 Å². The summed E-state index contributed by atoms with van der Waals surface area (Å²) >= 11 is 8.17. The lowest BCUT2D eigenvalue weighted by atomic mass is 9.83. The van der Waals surface area contributed by atoms with Crippen LogP contribution in [0.25, 0.3) is 0 Å². The van der Waals surface area contributed by atoms with Crippen molar-refractivity contribution in [1.82, 2.24) is 4.98 Å². The number of nitrogens with zero attached hydrogens (tertiary/aromatic N) is 1. The summed E-state index contributed by atoms with van der Waals surface area (Å²) in [5.41, 5.74) is 1.72. The van der Waals surface area contributed by atoms with Crippen LogP contribution in [0.4, 0.5) is 5.69 Å². The van der Waals surface area contributed by atoms with E-state index < -0.39 is 17.1 Å². The van der Waals surface area contributed by atoms with E-state index in [0.717, 1.165) is 15.5 Å². The minimum atomic E-state index is -0.586. The van der Waals surface area contributed by atoms with Crippen LogP contribution in [0.2, 0.25) is 0 Å². The molecular weight excluding hydrogens is 492 g/mol. The lowest BCUT2D eigenvalue weighted by molar-refractivity contribution is -0.122. The van der Waals surface area contributed by atoms with Crippen molar-refractivity contribution >= 4 is 58.8 Å². The van der Waals surface area contributed by atoms with Crippen LogP contribution in [0, 0.1) is 9.87 Å². The Labute approximate surface area is 209 Å². The molecule has 1 fully saturated rings. The van der Waals surface area contributed by atoms with Gasteiger partial charge in [-0.15, -0.1) is 11.3 Å². The van der Waals surface area contributed by atoms with Gasteiger partial charge in [0.1, 0.15) is 11.0 Å². The summed E-state index contributed by atoms with van der Waals surface area (Å²) in [5, 5.41) is 0.245. The summed E-state index contributed by atoms with van der Waals surface area (Å²) in [6, 6.07) is 13.9. The zero-order chi connectivity index (χ0) is 24.0. The third kappa shape index (κ3) is 3.75. The number of amides is 2. The van der Waals surface area contributed by atoms with E-state index in [-0.39, 0.29) is 24.3 Å². The maximum absolute atomic E-state index is 13.7. The first-order valence-electron chi connectivity index (χ1n) is 10.6. The van der Waals surface area contributed by atoms with Gasteiger partial charge < -0.3 is 14.5 Å². The minimum Gasteiger partial charge on any atom is -0.497 e. The second-order valence-electron chi connectivity index (χ2n) is 7.80. The summed E-state index contributed by atoms with van der Waals surface area (Å²) in [4.78, 5) is 44.6. The largest absolute Gasteiger partial charge is 0.497 e. The average Bonchev–Trinajstić information content (AvgIpc) is 3.34. The van der Waals surface area contributed by atoms with Crippen LogP contribution in [-0.4, -0.2) is 41.7 Å². The topological polar surface area (TPSA) is 88.7 Å². The molecule has 3 atom stereocenters. The molecule has 3 heterocycles. The molecule has 0 aliphatic carbocycles. The molecule has 0 saturated carbocycles. The third-order valence-electron chi connectivity index (χ3n) is 5.94. The Hall–Kier alpha value is -2.95. The number of anilines is 1. The Kier molecular flexibility index (Phi) is 6.05. The Morgan fingerprint density at radius 2 is 1.79 bits per heavy atom. The number of carbonyl (C=O) groups excluding carboxylic acids is 3. The number of esters is 1. The molecule has 0 unspecified atom stereocenters. The molecule has 0 radical (unpaired) electrons. The van der Waals surface area contributed by atoms with Crippen LogP contribution in [0.15, 0.2) is 53.6 Å². The number of rotatable bonds is 5. The fraction of sp³-hybridized carbons (Fsp3) is 0.250. The first-order valence-corrected chi connectivity index (χ1v) is 12.7. The van der Waals surface area contributed by atoms with Gasteiger partial charge in [-0.1, -0.05) is 23.9 Å². The molecule has 0 spiro atoms. The normalized spacial score (nSPS) is 21.2. The molecule has 1 saturated heterocycles. The minimum absolute atomic E-state index is 0.267. The molecule has 174 valence electrons. The number of ether oxygens (including phenoxy) is 2. The summed E-state index contributed by atoms with van der Waals surface area (Å²) < 4.78 is 10.9. The number of nitrogens with one attached hydrogen (secondary N) is 1. The molecule has 2 aliphatic rings. The van der Waals surface area contributed by atoms with E-state index in [1.807, 2.05) is 24.3 Å². The smallest absolute Gasteiger partial charge is 0.338 e. The maximum Gasteiger partial charge on any atom is 0.338 e. The maximum atomic E-state index is 13.7. The Morgan fingerprint density at radius 1 is 1.09 bits per heavy atom. The van der Waals surface area contributed by atoms with Crippen molar-refractivity contribution in [2.75, 3.05) is 18.6 Å².